The molecule has 2 rings (SSSR count). The molecule has 0 bridgehead atoms. The van der Waals surface area contributed by atoms with Gasteiger partial charge in [0.15, 0.2) is 0 Å². The Kier molecular flexibility index (Phi) is 7.12. The molecule has 124 valence electrons. The van der Waals surface area contributed by atoms with Crippen molar-refractivity contribution in [1.82, 2.24) is 4.90 Å². The fourth-order valence-corrected chi connectivity index (χ4v) is 3.51. The van der Waals surface area contributed by atoms with Crippen LogP contribution in [0, 0.1) is 0 Å². The van der Waals surface area contributed by atoms with E-state index in [2.05, 4.69) is 13.8 Å². The topological polar surface area (TPSA) is 29.5 Å². The SMILES string of the molecule is CCCCOc1ccccc1/C=C1/SC(=S)N(CCCC)C1=O. The molecular weight excluding hydrogens is 326 g/mol. The Hall–Kier alpha value is -1.33. The number of unbranched alkanes of at least 4 members (excludes halogenated alkanes) is 2. The molecule has 1 heterocycles. The van der Waals surface area contributed by atoms with Crippen molar-refractivity contribution in [3.05, 3.63) is 34.7 Å². The smallest absolute Gasteiger partial charge is 0.266 e. The van der Waals surface area contributed by atoms with Crippen LogP contribution in [0.4, 0.5) is 0 Å². The van der Waals surface area contributed by atoms with E-state index in [9.17, 15) is 4.79 Å². The molecule has 1 saturated heterocycles. The van der Waals surface area contributed by atoms with E-state index in [0.29, 0.717) is 22.4 Å². The van der Waals surface area contributed by atoms with Gasteiger partial charge in [0.05, 0.1) is 11.5 Å². The molecule has 1 aromatic rings. The highest BCUT2D eigenvalue weighted by molar-refractivity contribution is 8.26. The Morgan fingerprint density at radius 2 is 1.96 bits per heavy atom. The summed E-state index contributed by atoms with van der Waals surface area (Å²) in [7, 11) is 0. The van der Waals surface area contributed by atoms with Crippen molar-refractivity contribution in [1.29, 1.82) is 0 Å². The summed E-state index contributed by atoms with van der Waals surface area (Å²) in [6.07, 6.45) is 6.03. The van der Waals surface area contributed by atoms with Gasteiger partial charge in [-0.25, -0.2) is 0 Å². The number of hydrogen-bond acceptors (Lipinski definition) is 4. The van der Waals surface area contributed by atoms with Gasteiger partial charge in [0.1, 0.15) is 10.1 Å². The minimum atomic E-state index is 0.0109. The third-order valence-electron chi connectivity index (χ3n) is 3.57. The second-order valence-electron chi connectivity index (χ2n) is 5.43. The molecule has 1 fully saturated rings. The molecule has 0 spiro atoms. The number of thioether (sulfide) groups is 1. The molecule has 1 amide bonds. The number of carbonyl (C=O) groups excluding carboxylic acids is 1. The molecule has 5 heteroatoms. The second-order valence-corrected chi connectivity index (χ2v) is 7.10. The molecule has 1 aliphatic rings. The molecule has 0 unspecified atom stereocenters. The third-order valence-corrected chi connectivity index (χ3v) is 4.95. The summed E-state index contributed by atoms with van der Waals surface area (Å²) in [6.45, 7) is 5.64. The van der Waals surface area contributed by atoms with Crippen molar-refractivity contribution in [2.24, 2.45) is 0 Å². The lowest BCUT2D eigenvalue weighted by molar-refractivity contribution is -0.122. The van der Waals surface area contributed by atoms with Gasteiger partial charge >= 0.3 is 0 Å². The molecular formula is C18H23NO2S2. The first-order valence-corrected chi connectivity index (χ1v) is 9.37. The first kappa shape index (κ1) is 18.0. The fraction of sp³-hybridized carbons (Fsp3) is 0.444. The molecule has 0 radical (unpaired) electrons. The zero-order chi connectivity index (χ0) is 16.7. The van der Waals surface area contributed by atoms with Crippen molar-refractivity contribution in [3.63, 3.8) is 0 Å². The van der Waals surface area contributed by atoms with Crippen LogP contribution in [0.25, 0.3) is 6.08 Å². The van der Waals surface area contributed by atoms with Gasteiger partial charge in [0, 0.05) is 12.1 Å². The van der Waals surface area contributed by atoms with Gasteiger partial charge < -0.3 is 4.74 Å². The largest absolute Gasteiger partial charge is 0.493 e. The number of benzene rings is 1. The van der Waals surface area contributed by atoms with Crippen molar-refractivity contribution in [3.8, 4) is 5.75 Å². The van der Waals surface area contributed by atoms with Crippen LogP contribution in [0.15, 0.2) is 29.2 Å². The van der Waals surface area contributed by atoms with Gasteiger partial charge in [-0.3, -0.25) is 9.69 Å². The lowest BCUT2D eigenvalue weighted by Gasteiger charge is -2.13. The minimum Gasteiger partial charge on any atom is -0.493 e. The molecule has 3 nitrogen and oxygen atoms in total. The Morgan fingerprint density at radius 1 is 1.22 bits per heavy atom. The predicted octanol–water partition coefficient (Wildman–Crippen LogP) is 4.87. The number of rotatable bonds is 8. The number of para-hydroxylation sites is 1. The van der Waals surface area contributed by atoms with E-state index in [-0.39, 0.29) is 5.91 Å². The zero-order valence-electron chi connectivity index (χ0n) is 13.7. The van der Waals surface area contributed by atoms with Gasteiger partial charge in [0.25, 0.3) is 5.91 Å². The van der Waals surface area contributed by atoms with E-state index < -0.39 is 0 Å². The summed E-state index contributed by atoms with van der Waals surface area (Å²) in [4.78, 5) is 14.9. The van der Waals surface area contributed by atoms with E-state index in [0.717, 1.165) is 37.0 Å². The maximum absolute atomic E-state index is 12.5. The molecule has 0 atom stereocenters. The molecule has 1 aliphatic heterocycles. The summed E-state index contributed by atoms with van der Waals surface area (Å²) >= 11 is 6.72. The summed E-state index contributed by atoms with van der Waals surface area (Å²) in [5, 5.41) is 0. The number of ether oxygens (including phenoxy) is 1. The van der Waals surface area contributed by atoms with Crippen LogP contribution in [0.1, 0.15) is 45.1 Å². The Morgan fingerprint density at radius 3 is 2.70 bits per heavy atom. The molecule has 0 aromatic heterocycles. The van der Waals surface area contributed by atoms with Crippen LogP contribution in [0.3, 0.4) is 0 Å². The van der Waals surface area contributed by atoms with Crippen LogP contribution >= 0.6 is 24.0 Å². The highest BCUT2D eigenvalue weighted by Crippen LogP contribution is 2.34. The van der Waals surface area contributed by atoms with Gasteiger partial charge in [-0.1, -0.05) is 68.9 Å². The van der Waals surface area contributed by atoms with Crippen molar-refractivity contribution < 1.29 is 9.53 Å². The lowest BCUT2D eigenvalue weighted by atomic mass is 10.2. The average molecular weight is 350 g/mol. The van der Waals surface area contributed by atoms with Crippen LogP contribution in [-0.4, -0.2) is 28.3 Å². The van der Waals surface area contributed by atoms with Crippen molar-refractivity contribution >= 4 is 40.3 Å². The van der Waals surface area contributed by atoms with Crippen molar-refractivity contribution in [2.75, 3.05) is 13.2 Å². The number of carbonyl (C=O) groups is 1. The van der Waals surface area contributed by atoms with E-state index in [1.807, 2.05) is 30.3 Å². The summed E-state index contributed by atoms with van der Waals surface area (Å²) in [5.74, 6) is 0.830. The first-order chi connectivity index (χ1) is 11.2. The van der Waals surface area contributed by atoms with Crippen LogP contribution in [0.2, 0.25) is 0 Å². The zero-order valence-corrected chi connectivity index (χ0v) is 15.3. The van der Waals surface area contributed by atoms with Crippen LogP contribution in [-0.2, 0) is 4.79 Å². The van der Waals surface area contributed by atoms with Gasteiger partial charge in [-0.05, 0) is 25.0 Å². The van der Waals surface area contributed by atoms with Crippen molar-refractivity contribution in [2.45, 2.75) is 39.5 Å². The minimum absolute atomic E-state index is 0.0109. The highest BCUT2D eigenvalue weighted by atomic mass is 32.2. The summed E-state index contributed by atoms with van der Waals surface area (Å²) < 4.78 is 6.48. The molecule has 23 heavy (non-hydrogen) atoms. The van der Waals surface area contributed by atoms with Gasteiger partial charge in [-0.2, -0.15) is 0 Å². The Bertz CT molecular complexity index is 598. The normalized spacial score (nSPS) is 16.4. The second kappa shape index (κ2) is 9.08. The maximum atomic E-state index is 12.5. The Balaban J connectivity index is 2.15. The van der Waals surface area contributed by atoms with E-state index >= 15 is 0 Å². The quantitative estimate of drug-likeness (QED) is 0.380. The van der Waals surface area contributed by atoms with E-state index in [4.69, 9.17) is 17.0 Å². The average Bonchev–Trinajstić information content (AvgIpc) is 2.81. The lowest BCUT2D eigenvalue weighted by Crippen LogP contribution is -2.28. The molecule has 0 saturated carbocycles. The Labute approximate surface area is 148 Å². The fourth-order valence-electron chi connectivity index (χ4n) is 2.21. The highest BCUT2D eigenvalue weighted by Gasteiger charge is 2.31. The standard InChI is InChI=1S/C18H23NO2S2/c1-3-5-11-19-17(20)16(23-18(19)22)13-14-9-7-8-10-15(14)21-12-6-4-2/h7-10,13H,3-6,11-12H2,1-2H3/b16-13+. The predicted molar refractivity (Wildman–Crippen MR) is 102 cm³/mol. The number of nitrogens with zero attached hydrogens (tertiary/aromatic N) is 1. The monoisotopic (exact) mass is 349 g/mol. The number of thiocarbonyl (C=S) groups is 1. The summed E-state index contributed by atoms with van der Waals surface area (Å²) in [5.41, 5.74) is 0.930. The van der Waals surface area contributed by atoms with Crippen LogP contribution < -0.4 is 4.74 Å². The van der Waals surface area contributed by atoms with Gasteiger partial charge in [0.2, 0.25) is 0 Å². The third kappa shape index (κ3) is 4.82. The number of amides is 1. The maximum Gasteiger partial charge on any atom is 0.266 e. The molecule has 1 aromatic carbocycles. The van der Waals surface area contributed by atoms with Gasteiger partial charge in [-0.15, -0.1) is 0 Å². The molecule has 0 N–H and O–H groups in total. The van der Waals surface area contributed by atoms with E-state index in [1.165, 1.54) is 11.8 Å². The first-order valence-electron chi connectivity index (χ1n) is 8.14. The summed E-state index contributed by atoms with van der Waals surface area (Å²) in [6, 6.07) is 7.82. The van der Waals surface area contributed by atoms with Crippen LogP contribution in [0.5, 0.6) is 5.75 Å². The molecule has 0 aliphatic carbocycles. The number of hydrogen-bond donors (Lipinski definition) is 0. The van der Waals surface area contributed by atoms with E-state index in [1.54, 1.807) is 4.90 Å².